The van der Waals surface area contributed by atoms with Crippen molar-refractivity contribution in [1.82, 2.24) is 9.97 Å². The van der Waals surface area contributed by atoms with Gasteiger partial charge in [-0.05, 0) is 17.7 Å². The van der Waals surface area contributed by atoms with Crippen LogP contribution in [0.4, 0.5) is 0 Å². The third-order valence-electron chi connectivity index (χ3n) is 2.07. The van der Waals surface area contributed by atoms with E-state index in [1.165, 1.54) is 0 Å². The van der Waals surface area contributed by atoms with Gasteiger partial charge in [-0.3, -0.25) is 9.59 Å². The minimum atomic E-state index is -0.684. The molecular formula is C10H7N3O2. The average molecular weight is 201 g/mol. The lowest BCUT2D eigenvalue weighted by molar-refractivity contribution is 1.14. The minimum Gasteiger partial charge on any atom is -0.316 e. The normalized spacial score (nSPS) is 10.1. The molecule has 5 heteroatoms. The quantitative estimate of drug-likeness (QED) is 0.649. The van der Waals surface area contributed by atoms with Gasteiger partial charge in [-0.1, -0.05) is 6.07 Å². The number of fused-ring (bicyclic) bond motifs is 1. The van der Waals surface area contributed by atoms with Crippen molar-refractivity contribution in [3.63, 3.8) is 0 Å². The minimum absolute atomic E-state index is 0.275. The Morgan fingerprint density at radius 3 is 2.47 bits per heavy atom. The molecule has 0 fully saturated rings. The summed E-state index contributed by atoms with van der Waals surface area (Å²) in [5.74, 6) is 0. The van der Waals surface area contributed by atoms with Gasteiger partial charge >= 0.3 is 11.1 Å². The van der Waals surface area contributed by atoms with Crippen molar-refractivity contribution in [2.24, 2.45) is 0 Å². The number of H-pyrrole nitrogens is 2. The van der Waals surface area contributed by atoms with Crippen molar-refractivity contribution >= 4 is 11.0 Å². The summed E-state index contributed by atoms with van der Waals surface area (Å²) in [5.41, 5.74) is 0.536. The van der Waals surface area contributed by atoms with Crippen LogP contribution in [0.3, 0.4) is 0 Å². The van der Waals surface area contributed by atoms with Crippen LogP contribution in [0.2, 0.25) is 0 Å². The molecule has 1 heterocycles. The van der Waals surface area contributed by atoms with Gasteiger partial charge in [0.25, 0.3) is 0 Å². The van der Waals surface area contributed by atoms with Gasteiger partial charge in [-0.2, -0.15) is 5.26 Å². The SMILES string of the molecule is N#CCc1ccc2[nH]c(=O)c(=O)[nH]c2c1. The summed E-state index contributed by atoms with van der Waals surface area (Å²) in [7, 11) is 0. The first-order chi connectivity index (χ1) is 7.20. The van der Waals surface area contributed by atoms with Crippen LogP contribution in [0.15, 0.2) is 27.8 Å². The first-order valence-corrected chi connectivity index (χ1v) is 4.33. The molecule has 0 atom stereocenters. The number of aromatic nitrogens is 2. The zero-order chi connectivity index (χ0) is 10.8. The summed E-state index contributed by atoms with van der Waals surface area (Å²) in [6.45, 7) is 0. The van der Waals surface area contributed by atoms with E-state index >= 15 is 0 Å². The van der Waals surface area contributed by atoms with Gasteiger partial charge in [0.2, 0.25) is 0 Å². The smallest absolute Gasteiger partial charge is 0.314 e. The fourth-order valence-electron chi connectivity index (χ4n) is 1.36. The van der Waals surface area contributed by atoms with Crippen LogP contribution in [0.25, 0.3) is 11.0 Å². The highest BCUT2D eigenvalue weighted by molar-refractivity contribution is 5.74. The van der Waals surface area contributed by atoms with Gasteiger partial charge < -0.3 is 9.97 Å². The molecule has 0 aliphatic carbocycles. The standard InChI is InChI=1S/C10H7N3O2/c11-4-3-6-1-2-7-8(5-6)13-10(15)9(14)12-7/h1-2,5H,3H2,(H,12,14)(H,13,15). The Bertz CT molecular complexity index is 661. The van der Waals surface area contributed by atoms with Crippen LogP contribution >= 0.6 is 0 Å². The molecule has 1 aromatic heterocycles. The molecule has 2 rings (SSSR count). The molecule has 5 nitrogen and oxygen atoms in total. The van der Waals surface area contributed by atoms with E-state index in [4.69, 9.17) is 5.26 Å². The molecule has 0 aliphatic rings. The van der Waals surface area contributed by atoms with Crippen LogP contribution in [0.1, 0.15) is 5.56 Å². The Balaban J connectivity index is 2.73. The second-order valence-corrected chi connectivity index (χ2v) is 3.12. The van der Waals surface area contributed by atoms with E-state index in [1.807, 2.05) is 6.07 Å². The summed E-state index contributed by atoms with van der Waals surface area (Å²) in [6, 6.07) is 7.09. The van der Waals surface area contributed by atoms with Crippen molar-refractivity contribution in [3.8, 4) is 6.07 Å². The molecule has 0 unspecified atom stereocenters. The van der Waals surface area contributed by atoms with Gasteiger partial charge in [0.1, 0.15) is 0 Å². The maximum Gasteiger partial charge on any atom is 0.314 e. The lowest BCUT2D eigenvalue weighted by Gasteiger charge is -1.98. The number of nitrogens with one attached hydrogen (secondary N) is 2. The van der Waals surface area contributed by atoms with Gasteiger partial charge in [-0.15, -0.1) is 0 Å². The first-order valence-electron chi connectivity index (χ1n) is 4.33. The average Bonchev–Trinajstić information content (AvgIpc) is 2.21. The van der Waals surface area contributed by atoms with E-state index in [-0.39, 0.29) is 6.42 Å². The van der Waals surface area contributed by atoms with Crippen molar-refractivity contribution in [2.75, 3.05) is 0 Å². The van der Waals surface area contributed by atoms with E-state index in [0.717, 1.165) is 5.56 Å². The van der Waals surface area contributed by atoms with Gasteiger partial charge in [0.15, 0.2) is 0 Å². The maximum atomic E-state index is 11.0. The third-order valence-corrected chi connectivity index (χ3v) is 2.07. The van der Waals surface area contributed by atoms with Gasteiger partial charge in [-0.25, -0.2) is 0 Å². The molecule has 0 amide bonds. The number of aromatic amines is 2. The predicted octanol–water partition coefficient (Wildman–Crippen LogP) is 0.282. The predicted molar refractivity (Wildman–Crippen MR) is 54.5 cm³/mol. The molecule has 0 saturated heterocycles. The number of nitrogens with zero attached hydrogens (tertiary/aromatic N) is 1. The van der Waals surface area contributed by atoms with Gasteiger partial charge in [0.05, 0.1) is 23.5 Å². The Hall–Kier alpha value is -2.35. The first kappa shape index (κ1) is 9.21. The zero-order valence-corrected chi connectivity index (χ0v) is 7.70. The molecule has 2 N–H and O–H groups in total. The number of benzene rings is 1. The topological polar surface area (TPSA) is 89.5 Å². The molecule has 74 valence electrons. The van der Waals surface area contributed by atoms with Crippen molar-refractivity contribution in [3.05, 3.63) is 44.5 Å². The molecule has 15 heavy (non-hydrogen) atoms. The molecular weight excluding hydrogens is 194 g/mol. The molecule has 0 bridgehead atoms. The molecule has 0 saturated carbocycles. The third kappa shape index (κ3) is 1.65. The highest BCUT2D eigenvalue weighted by atomic mass is 16.2. The van der Waals surface area contributed by atoms with Gasteiger partial charge in [0, 0.05) is 0 Å². The van der Waals surface area contributed by atoms with Crippen molar-refractivity contribution < 1.29 is 0 Å². The second-order valence-electron chi connectivity index (χ2n) is 3.12. The van der Waals surface area contributed by atoms with Crippen LogP contribution in [0.5, 0.6) is 0 Å². The Morgan fingerprint density at radius 1 is 1.13 bits per heavy atom. The van der Waals surface area contributed by atoms with E-state index in [2.05, 4.69) is 9.97 Å². The monoisotopic (exact) mass is 201 g/mol. The highest BCUT2D eigenvalue weighted by Gasteiger charge is 2.00. The van der Waals surface area contributed by atoms with E-state index in [1.54, 1.807) is 18.2 Å². The summed E-state index contributed by atoms with van der Waals surface area (Å²) in [6.07, 6.45) is 0.275. The molecule has 0 radical (unpaired) electrons. The fraction of sp³-hybridized carbons (Fsp3) is 0.100. The van der Waals surface area contributed by atoms with E-state index in [0.29, 0.717) is 11.0 Å². The van der Waals surface area contributed by atoms with Crippen LogP contribution in [0, 0.1) is 11.3 Å². The summed E-state index contributed by atoms with van der Waals surface area (Å²) in [4.78, 5) is 26.9. The number of hydrogen-bond acceptors (Lipinski definition) is 3. The van der Waals surface area contributed by atoms with Crippen molar-refractivity contribution in [2.45, 2.75) is 6.42 Å². The number of rotatable bonds is 1. The van der Waals surface area contributed by atoms with Crippen molar-refractivity contribution in [1.29, 1.82) is 5.26 Å². The number of nitriles is 1. The zero-order valence-electron chi connectivity index (χ0n) is 7.70. The Kier molecular flexibility index (Phi) is 2.10. The Labute approximate surface area is 84.0 Å². The van der Waals surface area contributed by atoms with E-state index in [9.17, 15) is 9.59 Å². The maximum absolute atomic E-state index is 11.0. The molecule has 2 aromatic rings. The lowest BCUT2D eigenvalue weighted by atomic mass is 10.1. The van der Waals surface area contributed by atoms with Crippen LogP contribution in [-0.2, 0) is 6.42 Å². The number of hydrogen-bond donors (Lipinski definition) is 2. The fourth-order valence-corrected chi connectivity index (χ4v) is 1.36. The Morgan fingerprint density at radius 2 is 1.80 bits per heavy atom. The highest BCUT2D eigenvalue weighted by Crippen LogP contribution is 2.09. The molecule has 1 aromatic carbocycles. The second kappa shape index (κ2) is 3.42. The lowest BCUT2D eigenvalue weighted by Crippen LogP contribution is -2.28. The van der Waals surface area contributed by atoms with E-state index < -0.39 is 11.1 Å². The summed E-state index contributed by atoms with van der Waals surface area (Å²) < 4.78 is 0. The summed E-state index contributed by atoms with van der Waals surface area (Å²) >= 11 is 0. The summed E-state index contributed by atoms with van der Waals surface area (Å²) in [5, 5.41) is 8.51. The molecule has 0 spiro atoms. The largest absolute Gasteiger partial charge is 0.316 e. The van der Waals surface area contributed by atoms with Crippen LogP contribution in [-0.4, -0.2) is 9.97 Å². The molecule has 0 aliphatic heterocycles. The van der Waals surface area contributed by atoms with Crippen LogP contribution < -0.4 is 11.1 Å².